The molecule has 1 aromatic rings. The van der Waals surface area contributed by atoms with Gasteiger partial charge in [0.1, 0.15) is 5.75 Å². The van der Waals surface area contributed by atoms with Crippen LogP contribution in [0.15, 0.2) is 18.2 Å². The van der Waals surface area contributed by atoms with Gasteiger partial charge < -0.3 is 14.0 Å². The Bertz CT molecular complexity index is 513. The Morgan fingerprint density at radius 2 is 1.52 bits per heavy atom. The van der Waals surface area contributed by atoms with Gasteiger partial charge in [0.25, 0.3) is 0 Å². The zero-order valence-corrected chi connectivity index (χ0v) is 14.5. The van der Waals surface area contributed by atoms with Crippen LogP contribution in [0.2, 0.25) is 0 Å². The van der Waals surface area contributed by atoms with Crippen LogP contribution in [0.5, 0.6) is 5.75 Å². The molecule has 1 fully saturated rings. The summed E-state index contributed by atoms with van der Waals surface area (Å²) in [6.45, 7) is 14.8. The van der Waals surface area contributed by atoms with Crippen LogP contribution in [0.25, 0.3) is 0 Å². The van der Waals surface area contributed by atoms with Gasteiger partial charge in [0.15, 0.2) is 0 Å². The van der Waals surface area contributed by atoms with E-state index in [1.807, 2.05) is 6.07 Å². The number of hydrogen-bond acceptors (Lipinski definition) is 3. The molecule has 4 heteroatoms. The second kappa shape index (κ2) is 5.03. The third-order valence-electron chi connectivity index (χ3n) is 4.56. The largest absolute Gasteiger partial charge is 0.496 e. The number of methoxy groups -OCH3 is 1. The van der Waals surface area contributed by atoms with Gasteiger partial charge in [-0.25, -0.2) is 0 Å². The highest BCUT2D eigenvalue weighted by atomic mass is 16.7. The van der Waals surface area contributed by atoms with Gasteiger partial charge in [-0.15, -0.1) is 0 Å². The first-order valence-corrected chi connectivity index (χ1v) is 7.52. The molecule has 1 heterocycles. The second-order valence-corrected chi connectivity index (χ2v) is 7.80. The molecule has 0 N–H and O–H groups in total. The van der Waals surface area contributed by atoms with E-state index in [-0.39, 0.29) is 23.7 Å². The van der Waals surface area contributed by atoms with Gasteiger partial charge in [-0.05, 0) is 50.2 Å². The minimum Gasteiger partial charge on any atom is -0.496 e. The normalized spacial score (nSPS) is 20.7. The van der Waals surface area contributed by atoms with Gasteiger partial charge in [0.05, 0.1) is 18.3 Å². The Labute approximate surface area is 129 Å². The number of rotatable bonds is 2. The van der Waals surface area contributed by atoms with Crippen LogP contribution in [0.1, 0.15) is 54.0 Å². The van der Waals surface area contributed by atoms with E-state index in [1.165, 1.54) is 5.56 Å². The third kappa shape index (κ3) is 2.97. The van der Waals surface area contributed by atoms with Crippen molar-refractivity contribution >= 4 is 12.6 Å². The van der Waals surface area contributed by atoms with Crippen LogP contribution in [-0.2, 0) is 14.7 Å². The molecule has 21 heavy (non-hydrogen) atoms. The van der Waals surface area contributed by atoms with Crippen molar-refractivity contribution in [2.24, 2.45) is 0 Å². The summed E-state index contributed by atoms with van der Waals surface area (Å²) in [7, 11) is 1.36. The first kappa shape index (κ1) is 16.4. The predicted molar refractivity (Wildman–Crippen MR) is 87.4 cm³/mol. The Morgan fingerprint density at radius 1 is 1.00 bits per heavy atom. The molecule has 0 atom stereocenters. The Balaban J connectivity index is 2.36. The highest BCUT2D eigenvalue weighted by Gasteiger charge is 2.51. The Morgan fingerprint density at radius 3 is 1.95 bits per heavy atom. The Kier molecular flexibility index (Phi) is 3.92. The molecular weight excluding hydrogens is 263 g/mol. The highest BCUT2D eigenvalue weighted by molar-refractivity contribution is 6.62. The summed E-state index contributed by atoms with van der Waals surface area (Å²) >= 11 is 0. The van der Waals surface area contributed by atoms with Crippen molar-refractivity contribution in [2.75, 3.05) is 7.11 Å². The minimum absolute atomic E-state index is 0.0415. The maximum Gasteiger partial charge on any atom is 0.494 e. The third-order valence-corrected chi connectivity index (χ3v) is 4.56. The van der Waals surface area contributed by atoms with Crippen molar-refractivity contribution in [3.63, 3.8) is 0 Å². The lowest BCUT2D eigenvalue weighted by molar-refractivity contribution is 0.00578. The molecule has 1 saturated heterocycles. The maximum atomic E-state index is 6.10. The summed E-state index contributed by atoms with van der Waals surface area (Å²) in [5, 5.41) is 0. The van der Waals surface area contributed by atoms with Crippen molar-refractivity contribution in [3.8, 4) is 5.75 Å². The molecule has 1 aromatic carbocycles. The maximum absolute atomic E-state index is 6.10. The zero-order valence-electron chi connectivity index (χ0n) is 14.5. The minimum atomic E-state index is -0.349. The van der Waals surface area contributed by atoms with Crippen LogP contribution < -0.4 is 10.2 Å². The van der Waals surface area contributed by atoms with Gasteiger partial charge in [0.2, 0.25) is 0 Å². The first-order valence-electron chi connectivity index (χ1n) is 7.52. The summed E-state index contributed by atoms with van der Waals surface area (Å²) in [5.41, 5.74) is 1.57. The van der Waals surface area contributed by atoms with Gasteiger partial charge >= 0.3 is 7.12 Å². The van der Waals surface area contributed by atoms with E-state index in [0.717, 1.165) is 11.2 Å². The molecule has 0 aromatic heterocycles. The van der Waals surface area contributed by atoms with Crippen molar-refractivity contribution in [1.29, 1.82) is 0 Å². The second-order valence-electron chi connectivity index (χ2n) is 7.80. The number of benzene rings is 1. The van der Waals surface area contributed by atoms with E-state index >= 15 is 0 Å². The van der Waals surface area contributed by atoms with Gasteiger partial charge in [-0.2, -0.15) is 0 Å². The lowest BCUT2D eigenvalue weighted by Gasteiger charge is -2.32. The van der Waals surface area contributed by atoms with Crippen molar-refractivity contribution < 1.29 is 14.0 Å². The van der Waals surface area contributed by atoms with Gasteiger partial charge in [-0.1, -0.05) is 32.9 Å². The molecule has 0 unspecified atom stereocenters. The van der Waals surface area contributed by atoms with E-state index in [2.05, 4.69) is 60.6 Å². The summed E-state index contributed by atoms with van der Waals surface area (Å²) in [4.78, 5) is 0. The standard InChI is InChI=1S/C17H27BO3/c1-15(2,3)13-10-9-12(11-14(13)19-8)18-20-16(4,5)17(6,7)21-18/h9-11H,1-8H3. The molecule has 0 aliphatic carbocycles. The molecule has 0 radical (unpaired) electrons. The highest BCUT2D eigenvalue weighted by Crippen LogP contribution is 2.37. The summed E-state index contributed by atoms with van der Waals surface area (Å²) in [6.07, 6.45) is 0. The number of hydrogen-bond donors (Lipinski definition) is 0. The van der Waals surface area contributed by atoms with Crippen molar-refractivity contribution in [2.45, 2.75) is 65.1 Å². The van der Waals surface area contributed by atoms with Crippen molar-refractivity contribution in [1.82, 2.24) is 0 Å². The Hall–Kier alpha value is -0.995. The zero-order chi connectivity index (χ0) is 16.1. The first-order chi connectivity index (χ1) is 9.48. The molecule has 0 bridgehead atoms. The molecule has 1 aliphatic heterocycles. The quantitative estimate of drug-likeness (QED) is 0.782. The molecule has 116 valence electrons. The molecule has 0 saturated carbocycles. The van der Waals surface area contributed by atoms with E-state index in [4.69, 9.17) is 14.0 Å². The molecular formula is C17H27BO3. The summed E-state index contributed by atoms with van der Waals surface area (Å²) < 4.78 is 17.8. The van der Waals surface area contributed by atoms with E-state index in [0.29, 0.717) is 0 Å². The van der Waals surface area contributed by atoms with E-state index in [1.54, 1.807) is 7.11 Å². The van der Waals surface area contributed by atoms with Crippen LogP contribution in [0, 0.1) is 0 Å². The average molecular weight is 290 g/mol. The molecule has 0 spiro atoms. The average Bonchev–Trinajstić information content (AvgIpc) is 2.56. The number of ether oxygens (including phenoxy) is 1. The summed E-state index contributed by atoms with van der Waals surface area (Å²) in [6, 6.07) is 6.22. The van der Waals surface area contributed by atoms with Crippen LogP contribution in [-0.4, -0.2) is 25.4 Å². The smallest absolute Gasteiger partial charge is 0.494 e. The fourth-order valence-corrected chi connectivity index (χ4v) is 2.45. The topological polar surface area (TPSA) is 27.7 Å². The van der Waals surface area contributed by atoms with E-state index in [9.17, 15) is 0 Å². The van der Waals surface area contributed by atoms with E-state index < -0.39 is 0 Å². The molecule has 3 nitrogen and oxygen atoms in total. The monoisotopic (exact) mass is 290 g/mol. The van der Waals surface area contributed by atoms with Crippen LogP contribution >= 0.6 is 0 Å². The fourth-order valence-electron chi connectivity index (χ4n) is 2.45. The van der Waals surface area contributed by atoms with Crippen LogP contribution in [0.3, 0.4) is 0 Å². The van der Waals surface area contributed by atoms with Crippen molar-refractivity contribution in [3.05, 3.63) is 23.8 Å². The van der Waals surface area contributed by atoms with Gasteiger partial charge in [0, 0.05) is 0 Å². The fraction of sp³-hybridized carbons (Fsp3) is 0.647. The molecule has 1 aliphatic rings. The lowest BCUT2D eigenvalue weighted by atomic mass is 9.76. The lowest BCUT2D eigenvalue weighted by Crippen LogP contribution is -2.41. The summed E-state index contributed by atoms with van der Waals surface area (Å²) in [5.74, 6) is 0.884. The SMILES string of the molecule is COc1cc(B2OC(C)(C)C(C)(C)O2)ccc1C(C)(C)C. The molecule has 0 amide bonds. The predicted octanol–water partition coefficient (Wildman–Crippen LogP) is 3.29. The molecule has 2 rings (SSSR count). The van der Waals surface area contributed by atoms with Crippen LogP contribution in [0.4, 0.5) is 0 Å². The van der Waals surface area contributed by atoms with Gasteiger partial charge in [-0.3, -0.25) is 0 Å².